The number of nitrogens with two attached hydrogens (primary N) is 1. The summed E-state index contributed by atoms with van der Waals surface area (Å²) in [5.41, 5.74) is 8.31. The molecule has 2 rings (SSSR count). The molecule has 19 heavy (non-hydrogen) atoms. The number of nitrogen functional groups attached to an aromatic ring is 1. The van der Waals surface area contributed by atoms with Crippen molar-refractivity contribution in [3.8, 4) is 23.1 Å². The molecule has 4 nitrogen and oxygen atoms in total. The second-order valence-corrected chi connectivity index (χ2v) is 5.31. The van der Waals surface area contributed by atoms with Crippen molar-refractivity contribution in [1.29, 1.82) is 5.26 Å². The van der Waals surface area contributed by atoms with Gasteiger partial charge in [0, 0.05) is 16.9 Å². The zero-order valence-corrected chi connectivity index (χ0v) is 11.7. The van der Waals surface area contributed by atoms with Crippen LogP contribution in [0.4, 0.5) is 5.69 Å². The Morgan fingerprint density at radius 1 is 1.47 bits per heavy atom. The van der Waals surface area contributed by atoms with Gasteiger partial charge < -0.3 is 10.5 Å². The molecule has 0 saturated carbocycles. The van der Waals surface area contributed by atoms with Gasteiger partial charge >= 0.3 is 0 Å². The van der Waals surface area contributed by atoms with Crippen LogP contribution in [0.15, 0.2) is 23.6 Å². The van der Waals surface area contributed by atoms with Crippen LogP contribution >= 0.6 is 11.3 Å². The number of anilines is 1. The molecule has 5 heteroatoms. The van der Waals surface area contributed by atoms with Gasteiger partial charge in [-0.05, 0) is 18.2 Å². The van der Waals surface area contributed by atoms with Crippen molar-refractivity contribution in [3.63, 3.8) is 0 Å². The molecule has 0 radical (unpaired) electrons. The van der Waals surface area contributed by atoms with Gasteiger partial charge in [0.25, 0.3) is 0 Å². The molecule has 2 N–H and O–H groups in total. The lowest BCUT2D eigenvalue weighted by molar-refractivity contribution is 0.370. The fourth-order valence-corrected chi connectivity index (χ4v) is 2.48. The Bertz CT molecular complexity index is 613. The van der Waals surface area contributed by atoms with E-state index in [4.69, 9.17) is 15.7 Å². The number of nitriles is 1. The van der Waals surface area contributed by atoms with Crippen LogP contribution in [0.3, 0.4) is 0 Å². The first-order valence-electron chi connectivity index (χ1n) is 5.97. The van der Waals surface area contributed by atoms with Crippen molar-refractivity contribution in [1.82, 2.24) is 4.98 Å². The molecule has 0 saturated heterocycles. The third-order valence-corrected chi connectivity index (χ3v) is 3.76. The van der Waals surface area contributed by atoms with Gasteiger partial charge in [-0.1, -0.05) is 13.8 Å². The van der Waals surface area contributed by atoms with Gasteiger partial charge in [0.1, 0.15) is 11.8 Å². The smallest absolute Gasteiger partial charge is 0.174 e. The van der Waals surface area contributed by atoms with Crippen LogP contribution in [0.1, 0.15) is 24.8 Å². The van der Waals surface area contributed by atoms with E-state index >= 15 is 0 Å². The number of benzene rings is 1. The molecule has 0 spiro atoms. The Kier molecular flexibility index (Phi) is 4.03. The average molecular weight is 273 g/mol. The maximum atomic E-state index is 8.48. The lowest BCUT2D eigenvalue weighted by atomic mass is 10.1. The molecule has 1 heterocycles. The lowest BCUT2D eigenvalue weighted by Crippen LogP contribution is -1.98. The number of aromatic nitrogens is 1. The third-order valence-electron chi connectivity index (χ3n) is 2.61. The van der Waals surface area contributed by atoms with Gasteiger partial charge in [0.15, 0.2) is 6.61 Å². The van der Waals surface area contributed by atoms with Crippen molar-refractivity contribution in [2.24, 2.45) is 0 Å². The van der Waals surface area contributed by atoms with Gasteiger partial charge in [-0.15, -0.1) is 11.3 Å². The van der Waals surface area contributed by atoms with Crippen LogP contribution in [0, 0.1) is 11.3 Å². The summed E-state index contributed by atoms with van der Waals surface area (Å²) in [6.07, 6.45) is 0. The maximum Gasteiger partial charge on any atom is 0.174 e. The summed E-state index contributed by atoms with van der Waals surface area (Å²) in [5.74, 6) is 0.957. The minimum absolute atomic E-state index is 0.00224. The lowest BCUT2D eigenvalue weighted by Gasteiger charge is -2.06. The topological polar surface area (TPSA) is 71.9 Å². The van der Waals surface area contributed by atoms with Crippen LogP contribution in [-0.2, 0) is 0 Å². The minimum Gasteiger partial charge on any atom is -0.477 e. The summed E-state index contributed by atoms with van der Waals surface area (Å²) in [6, 6.07) is 7.42. The quantitative estimate of drug-likeness (QED) is 0.866. The van der Waals surface area contributed by atoms with E-state index in [1.165, 1.54) is 0 Å². The van der Waals surface area contributed by atoms with E-state index in [1.807, 2.05) is 23.6 Å². The average Bonchev–Trinajstić information content (AvgIpc) is 2.87. The standard InChI is InChI=1S/C14H15N3OS/c1-9(2)14-17-12(8-19-14)10-3-4-13(11(16)7-10)18-6-5-15/h3-4,7-9H,6,16H2,1-2H3. The first-order chi connectivity index (χ1) is 9.11. The Labute approximate surface area is 116 Å². The monoisotopic (exact) mass is 273 g/mol. The molecule has 0 fully saturated rings. The van der Waals surface area contributed by atoms with E-state index in [0.717, 1.165) is 16.3 Å². The second-order valence-electron chi connectivity index (χ2n) is 4.43. The van der Waals surface area contributed by atoms with E-state index in [9.17, 15) is 0 Å². The molecule has 0 aliphatic heterocycles. The van der Waals surface area contributed by atoms with Gasteiger partial charge in [0.2, 0.25) is 0 Å². The maximum absolute atomic E-state index is 8.48. The summed E-state index contributed by atoms with van der Waals surface area (Å²) in [4.78, 5) is 4.58. The molecule has 1 aromatic heterocycles. The van der Waals surface area contributed by atoms with Gasteiger partial charge in [-0.25, -0.2) is 4.98 Å². The molecule has 0 atom stereocenters. The zero-order valence-electron chi connectivity index (χ0n) is 10.9. The first-order valence-corrected chi connectivity index (χ1v) is 6.85. The largest absolute Gasteiger partial charge is 0.477 e. The third kappa shape index (κ3) is 3.04. The van der Waals surface area contributed by atoms with Crippen LogP contribution in [-0.4, -0.2) is 11.6 Å². The highest BCUT2D eigenvalue weighted by atomic mass is 32.1. The molecule has 0 aliphatic carbocycles. The predicted octanol–water partition coefficient (Wildman–Crippen LogP) is 3.42. The predicted molar refractivity (Wildman–Crippen MR) is 77.2 cm³/mol. The van der Waals surface area contributed by atoms with E-state index in [1.54, 1.807) is 17.4 Å². The summed E-state index contributed by atoms with van der Waals surface area (Å²) in [6.45, 7) is 4.24. The van der Waals surface area contributed by atoms with Gasteiger partial charge in [-0.2, -0.15) is 5.26 Å². The van der Waals surface area contributed by atoms with E-state index in [0.29, 0.717) is 17.4 Å². The van der Waals surface area contributed by atoms with Crippen molar-refractivity contribution < 1.29 is 4.74 Å². The second kappa shape index (κ2) is 5.72. The number of nitrogens with zero attached hydrogens (tertiary/aromatic N) is 2. The highest BCUT2D eigenvalue weighted by Crippen LogP contribution is 2.30. The molecule has 1 aromatic carbocycles. The van der Waals surface area contributed by atoms with Gasteiger partial charge in [0.05, 0.1) is 16.4 Å². The van der Waals surface area contributed by atoms with E-state index in [-0.39, 0.29) is 6.61 Å². The summed E-state index contributed by atoms with van der Waals surface area (Å²) >= 11 is 1.65. The van der Waals surface area contributed by atoms with Crippen molar-refractivity contribution in [2.75, 3.05) is 12.3 Å². The fraction of sp³-hybridized carbons (Fsp3) is 0.286. The van der Waals surface area contributed by atoms with Crippen molar-refractivity contribution in [3.05, 3.63) is 28.6 Å². The summed E-state index contributed by atoms with van der Waals surface area (Å²) in [5, 5.41) is 11.6. The SMILES string of the molecule is CC(C)c1nc(-c2ccc(OCC#N)c(N)c2)cs1. The first kappa shape index (κ1) is 13.4. The molecular formula is C14H15N3OS. The minimum atomic E-state index is -0.00224. The molecule has 0 amide bonds. The number of ether oxygens (including phenoxy) is 1. The van der Waals surface area contributed by atoms with Crippen LogP contribution in [0.25, 0.3) is 11.3 Å². The van der Waals surface area contributed by atoms with Crippen LogP contribution < -0.4 is 10.5 Å². The Balaban J connectivity index is 2.26. The van der Waals surface area contributed by atoms with Crippen molar-refractivity contribution in [2.45, 2.75) is 19.8 Å². The highest BCUT2D eigenvalue weighted by molar-refractivity contribution is 7.10. The molecule has 98 valence electrons. The summed E-state index contributed by atoms with van der Waals surface area (Å²) in [7, 11) is 0. The number of rotatable bonds is 4. The Morgan fingerprint density at radius 3 is 2.84 bits per heavy atom. The highest BCUT2D eigenvalue weighted by Gasteiger charge is 2.09. The van der Waals surface area contributed by atoms with Crippen LogP contribution in [0.5, 0.6) is 5.75 Å². The fourth-order valence-electron chi connectivity index (χ4n) is 1.63. The van der Waals surface area contributed by atoms with Crippen LogP contribution in [0.2, 0.25) is 0 Å². The van der Waals surface area contributed by atoms with Crippen molar-refractivity contribution >= 4 is 17.0 Å². The molecular weight excluding hydrogens is 258 g/mol. The number of thiazole rings is 1. The molecule has 0 bridgehead atoms. The molecule has 0 unspecified atom stereocenters. The van der Waals surface area contributed by atoms with E-state index in [2.05, 4.69) is 18.8 Å². The Morgan fingerprint density at radius 2 is 2.26 bits per heavy atom. The zero-order chi connectivity index (χ0) is 13.8. The number of hydrogen-bond donors (Lipinski definition) is 1. The molecule has 2 aromatic rings. The van der Waals surface area contributed by atoms with Gasteiger partial charge in [-0.3, -0.25) is 0 Å². The number of hydrogen-bond acceptors (Lipinski definition) is 5. The molecule has 0 aliphatic rings. The Hall–Kier alpha value is -2.06. The normalized spacial score (nSPS) is 10.4. The van der Waals surface area contributed by atoms with E-state index < -0.39 is 0 Å². The summed E-state index contributed by atoms with van der Waals surface area (Å²) < 4.78 is 5.22.